The van der Waals surface area contributed by atoms with Crippen molar-refractivity contribution < 1.29 is 39.0 Å². The van der Waals surface area contributed by atoms with Gasteiger partial charge in [0, 0.05) is 26.0 Å². The van der Waals surface area contributed by atoms with Crippen LogP contribution in [-0.2, 0) is 28.6 Å². The van der Waals surface area contributed by atoms with Gasteiger partial charge in [-0.2, -0.15) is 0 Å². The van der Waals surface area contributed by atoms with Gasteiger partial charge in [0.25, 0.3) is 5.91 Å². The van der Waals surface area contributed by atoms with Crippen molar-refractivity contribution in [3.8, 4) is 0 Å². The van der Waals surface area contributed by atoms with Crippen molar-refractivity contribution in [2.45, 2.75) is 53.5 Å². The summed E-state index contributed by atoms with van der Waals surface area (Å²) in [6.45, 7) is 10.6. The van der Waals surface area contributed by atoms with Gasteiger partial charge in [0.15, 0.2) is 0 Å². The van der Waals surface area contributed by atoms with E-state index in [-0.39, 0.29) is 38.2 Å². The van der Waals surface area contributed by atoms with Gasteiger partial charge in [-0.3, -0.25) is 24.8 Å². The minimum Gasteiger partial charge on any atom is -0.382 e. The number of ether oxygens (including phenoxy) is 3. The Bertz CT molecular complexity index is 549. The van der Waals surface area contributed by atoms with Gasteiger partial charge in [-0.1, -0.05) is 39.8 Å². The molecule has 0 aromatic heterocycles. The first-order chi connectivity index (χ1) is 14.4. The first kappa shape index (κ1) is 29.2. The van der Waals surface area contributed by atoms with Gasteiger partial charge in [-0.15, -0.1) is 0 Å². The summed E-state index contributed by atoms with van der Waals surface area (Å²) in [7, 11) is 1.57. The van der Waals surface area contributed by atoms with Crippen LogP contribution in [0.3, 0.4) is 0 Å². The second kappa shape index (κ2) is 15.1. The van der Waals surface area contributed by atoms with Gasteiger partial charge in [0.05, 0.1) is 19.8 Å². The largest absolute Gasteiger partial charge is 0.382 e. The number of nitrogens with one attached hydrogen (secondary N) is 2. The van der Waals surface area contributed by atoms with Crippen molar-refractivity contribution in [3.05, 3.63) is 0 Å². The Morgan fingerprint density at radius 1 is 1.00 bits per heavy atom. The Morgan fingerprint density at radius 2 is 1.61 bits per heavy atom. The lowest BCUT2D eigenvalue weighted by molar-refractivity contribution is -0.285. The molecular weight excluding hydrogens is 410 g/mol. The van der Waals surface area contributed by atoms with Crippen molar-refractivity contribution in [2.75, 3.05) is 40.3 Å². The number of rotatable bonds is 15. The van der Waals surface area contributed by atoms with Gasteiger partial charge >= 0.3 is 0 Å². The maximum Gasteiger partial charge on any atom is 0.273 e. The zero-order valence-electron chi connectivity index (χ0n) is 19.5. The molecule has 182 valence electrons. The Morgan fingerprint density at radius 3 is 2.13 bits per heavy atom. The summed E-state index contributed by atoms with van der Waals surface area (Å²) in [6, 6.07) is -0.859. The molecule has 0 fully saturated rings. The normalized spacial score (nSPS) is 13.6. The molecule has 0 unspecified atom stereocenters. The van der Waals surface area contributed by atoms with E-state index in [1.165, 1.54) is 0 Å². The van der Waals surface area contributed by atoms with E-state index < -0.39 is 34.4 Å². The number of hydrogen-bond acceptors (Lipinski definition) is 8. The number of hydroxylamine groups is 2. The van der Waals surface area contributed by atoms with Gasteiger partial charge in [-0.05, 0) is 17.8 Å². The molecule has 0 aliphatic heterocycles. The summed E-state index contributed by atoms with van der Waals surface area (Å²) < 4.78 is 15.3. The number of carbonyl (C=O) groups is 3. The third kappa shape index (κ3) is 13.3. The van der Waals surface area contributed by atoms with Crippen LogP contribution in [0, 0.1) is 17.3 Å². The predicted octanol–water partition coefficient (Wildman–Crippen LogP) is 0.930. The second-order valence-electron chi connectivity index (χ2n) is 8.74. The molecule has 0 radical (unpaired) electrons. The van der Waals surface area contributed by atoms with Gasteiger partial charge in [-0.25, -0.2) is 0 Å². The molecule has 4 N–H and O–H groups in total. The third-order valence-electron chi connectivity index (χ3n) is 4.33. The summed E-state index contributed by atoms with van der Waals surface area (Å²) in [6.07, 6.45) is -0.0345. The summed E-state index contributed by atoms with van der Waals surface area (Å²) in [5.74, 6) is -2.60. The summed E-state index contributed by atoms with van der Waals surface area (Å²) in [5, 5.41) is 22.7. The van der Waals surface area contributed by atoms with E-state index in [9.17, 15) is 14.4 Å². The van der Waals surface area contributed by atoms with Crippen LogP contribution in [0.5, 0.6) is 0 Å². The summed E-state index contributed by atoms with van der Waals surface area (Å²) in [5.41, 5.74) is -0.601. The Labute approximate surface area is 184 Å². The molecule has 11 nitrogen and oxygen atoms in total. The monoisotopic (exact) mass is 449 g/mol. The maximum atomic E-state index is 12.8. The van der Waals surface area contributed by atoms with Crippen molar-refractivity contribution in [1.82, 2.24) is 15.9 Å². The van der Waals surface area contributed by atoms with Gasteiger partial charge in [0.1, 0.15) is 12.8 Å². The van der Waals surface area contributed by atoms with Crippen LogP contribution in [0.25, 0.3) is 0 Å². The molecule has 0 bridgehead atoms. The molecule has 11 heteroatoms. The maximum absolute atomic E-state index is 12.8. The van der Waals surface area contributed by atoms with E-state index in [0.717, 1.165) is 0 Å². The molecule has 0 aromatic carbocycles. The van der Waals surface area contributed by atoms with Crippen LogP contribution in [-0.4, -0.2) is 79.7 Å². The predicted molar refractivity (Wildman–Crippen MR) is 111 cm³/mol. The zero-order chi connectivity index (χ0) is 24.0. The fourth-order valence-corrected chi connectivity index (χ4v) is 2.75. The standard InChI is InChI=1S/C20H39N3O8/c1-14(2)11-15(12-16(24)23(27)28)18(25)22-17(20(3,4)5)19(26)21-7-8-30-13-31-10-9-29-6/h14-15,17,27-28H,7-13H2,1-6H3,(H,21,26)(H,22,25)/t15-,17-/m1/s1. The van der Waals surface area contributed by atoms with E-state index in [0.29, 0.717) is 19.6 Å². The second-order valence-corrected chi connectivity index (χ2v) is 8.74. The highest BCUT2D eigenvalue weighted by Gasteiger charge is 2.35. The van der Waals surface area contributed by atoms with E-state index in [4.69, 9.17) is 24.6 Å². The van der Waals surface area contributed by atoms with Crippen molar-refractivity contribution in [3.63, 3.8) is 0 Å². The van der Waals surface area contributed by atoms with Crippen molar-refractivity contribution in [1.29, 1.82) is 0 Å². The minimum atomic E-state index is -0.998. The molecule has 0 rings (SSSR count). The minimum absolute atomic E-state index is 0.0797. The SMILES string of the molecule is COCCOCOCCNC(=O)[C@@H](NC(=O)[C@@H](CC(=O)N(O)O)CC(C)C)C(C)(C)C. The average Bonchev–Trinajstić information content (AvgIpc) is 2.65. The lowest BCUT2D eigenvalue weighted by Crippen LogP contribution is -2.55. The molecule has 0 spiro atoms. The highest BCUT2D eigenvalue weighted by Crippen LogP contribution is 2.22. The van der Waals surface area contributed by atoms with E-state index in [2.05, 4.69) is 10.6 Å². The van der Waals surface area contributed by atoms with Crippen LogP contribution in [0.4, 0.5) is 0 Å². The molecule has 0 aromatic rings. The molecule has 0 aliphatic carbocycles. The molecule has 0 saturated carbocycles. The van der Waals surface area contributed by atoms with Crippen molar-refractivity contribution in [2.24, 2.45) is 17.3 Å². The molecule has 0 aliphatic rings. The highest BCUT2D eigenvalue weighted by atomic mass is 16.8. The lowest BCUT2D eigenvalue weighted by Gasteiger charge is -2.32. The Hall–Kier alpha value is -1.79. The molecule has 2 atom stereocenters. The van der Waals surface area contributed by atoms with Crippen LogP contribution in [0.2, 0.25) is 0 Å². The van der Waals surface area contributed by atoms with Crippen LogP contribution < -0.4 is 10.6 Å². The lowest BCUT2D eigenvalue weighted by atomic mass is 9.85. The topological polar surface area (TPSA) is 147 Å². The smallest absolute Gasteiger partial charge is 0.273 e. The van der Waals surface area contributed by atoms with Gasteiger partial charge < -0.3 is 24.8 Å². The number of methoxy groups -OCH3 is 1. The Balaban J connectivity index is 4.84. The molecule has 31 heavy (non-hydrogen) atoms. The van der Waals surface area contributed by atoms with Crippen LogP contribution in [0.15, 0.2) is 0 Å². The van der Waals surface area contributed by atoms with E-state index in [1.807, 2.05) is 34.6 Å². The van der Waals surface area contributed by atoms with Gasteiger partial charge in [0.2, 0.25) is 11.8 Å². The Kier molecular flexibility index (Phi) is 14.2. The summed E-state index contributed by atoms with van der Waals surface area (Å²) >= 11 is 0. The van der Waals surface area contributed by atoms with Crippen LogP contribution >= 0.6 is 0 Å². The molecular formula is C20H39N3O8. The number of hydrogen-bond donors (Lipinski definition) is 4. The highest BCUT2D eigenvalue weighted by molar-refractivity contribution is 5.90. The van der Waals surface area contributed by atoms with Crippen molar-refractivity contribution >= 4 is 17.7 Å². The molecule has 0 heterocycles. The average molecular weight is 450 g/mol. The van der Waals surface area contributed by atoms with Crippen LogP contribution in [0.1, 0.15) is 47.5 Å². The zero-order valence-corrected chi connectivity index (χ0v) is 19.5. The number of amides is 3. The molecule has 3 amide bonds. The first-order valence-electron chi connectivity index (χ1n) is 10.3. The first-order valence-corrected chi connectivity index (χ1v) is 10.3. The fraction of sp³-hybridized carbons (Fsp3) is 0.850. The third-order valence-corrected chi connectivity index (χ3v) is 4.33. The fourth-order valence-electron chi connectivity index (χ4n) is 2.75. The molecule has 0 saturated heterocycles. The van der Waals surface area contributed by atoms with E-state index in [1.54, 1.807) is 7.11 Å². The summed E-state index contributed by atoms with van der Waals surface area (Å²) in [4.78, 5) is 37.2. The number of carbonyl (C=O) groups excluding carboxylic acids is 3. The number of nitrogens with zero attached hydrogens (tertiary/aromatic N) is 1. The quantitative estimate of drug-likeness (QED) is 0.125. The van der Waals surface area contributed by atoms with E-state index >= 15 is 0 Å².